The molecule has 0 aliphatic rings. The van der Waals surface area contributed by atoms with Crippen LogP contribution in [0.15, 0.2) is 12.7 Å². The first-order valence-electron chi connectivity index (χ1n) is 7.81. The topological polar surface area (TPSA) is 26.3 Å². The van der Waals surface area contributed by atoms with E-state index in [0.29, 0.717) is 12.3 Å². The molecule has 0 aromatic heterocycles. The first-order valence-corrected chi connectivity index (χ1v) is 10.3. The third-order valence-corrected chi connectivity index (χ3v) is 9.01. The predicted molar refractivity (Wildman–Crippen MR) is 86.0 cm³/mol. The average Bonchev–Trinajstić information content (AvgIpc) is 2.43. The SMILES string of the molecule is C=CC(=O)C[C@H](O[Si](CC)(CC)CC)[C@@H](C)CCC. The van der Waals surface area contributed by atoms with Gasteiger partial charge in [0.2, 0.25) is 0 Å². The monoisotopic (exact) mass is 284 g/mol. The van der Waals surface area contributed by atoms with Crippen molar-refractivity contribution in [3.63, 3.8) is 0 Å². The molecule has 0 aliphatic heterocycles. The van der Waals surface area contributed by atoms with Gasteiger partial charge in [-0.05, 0) is 36.5 Å². The number of rotatable bonds is 11. The van der Waals surface area contributed by atoms with Gasteiger partial charge in [0.1, 0.15) is 0 Å². The number of carbonyl (C=O) groups is 1. The van der Waals surface area contributed by atoms with E-state index in [1.54, 1.807) is 0 Å². The Labute approximate surface area is 120 Å². The summed E-state index contributed by atoms with van der Waals surface area (Å²) in [6.07, 6.45) is 4.28. The number of hydrogen-bond acceptors (Lipinski definition) is 2. The van der Waals surface area contributed by atoms with E-state index in [2.05, 4.69) is 41.2 Å². The molecule has 0 fully saturated rings. The van der Waals surface area contributed by atoms with Crippen LogP contribution in [0.3, 0.4) is 0 Å². The summed E-state index contributed by atoms with van der Waals surface area (Å²) in [4.78, 5) is 11.7. The van der Waals surface area contributed by atoms with Gasteiger partial charge in [-0.15, -0.1) is 0 Å². The highest BCUT2D eigenvalue weighted by Gasteiger charge is 2.34. The fourth-order valence-electron chi connectivity index (χ4n) is 2.60. The first-order chi connectivity index (χ1) is 8.98. The second-order valence-corrected chi connectivity index (χ2v) is 10.3. The minimum Gasteiger partial charge on any atom is -0.413 e. The summed E-state index contributed by atoms with van der Waals surface area (Å²) in [6, 6.07) is 3.41. The summed E-state index contributed by atoms with van der Waals surface area (Å²) >= 11 is 0. The van der Waals surface area contributed by atoms with Crippen LogP contribution in [0.4, 0.5) is 0 Å². The number of allylic oxidation sites excluding steroid dienone is 1. The van der Waals surface area contributed by atoms with Crippen LogP contribution >= 0.6 is 0 Å². The van der Waals surface area contributed by atoms with Crippen molar-refractivity contribution < 1.29 is 9.22 Å². The Bertz CT molecular complexity index is 264. The van der Waals surface area contributed by atoms with Crippen LogP contribution in [-0.2, 0) is 9.22 Å². The molecule has 3 heteroatoms. The van der Waals surface area contributed by atoms with Gasteiger partial charge in [-0.1, -0.05) is 47.6 Å². The van der Waals surface area contributed by atoms with Crippen LogP contribution < -0.4 is 0 Å². The molecule has 0 aliphatic carbocycles. The van der Waals surface area contributed by atoms with E-state index < -0.39 is 8.32 Å². The maximum Gasteiger partial charge on any atom is 0.192 e. The Kier molecular flexibility index (Phi) is 9.28. The van der Waals surface area contributed by atoms with Crippen LogP contribution in [0.25, 0.3) is 0 Å². The van der Waals surface area contributed by atoms with Crippen molar-refractivity contribution in [1.29, 1.82) is 0 Å². The van der Waals surface area contributed by atoms with Gasteiger partial charge in [0.15, 0.2) is 14.1 Å². The van der Waals surface area contributed by atoms with Crippen molar-refractivity contribution in [2.75, 3.05) is 0 Å². The van der Waals surface area contributed by atoms with Gasteiger partial charge < -0.3 is 4.43 Å². The van der Waals surface area contributed by atoms with E-state index in [-0.39, 0.29) is 11.9 Å². The largest absolute Gasteiger partial charge is 0.413 e. The molecule has 0 N–H and O–H groups in total. The summed E-state index contributed by atoms with van der Waals surface area (Å²) in [7, 11) is -1.64. The van der Waals surface area contributed by atoms with Crippen LogP contribution in [0.1, 0.15) is 53.9 Å². The maximum atomic E-state index is 11.7. The van der Waals surface area contributed by atoms with Gasteiger partial charge in [-0.3, -0.25) is 4.79 Å². The van der Waals surface area contributed by atoms with Gasteiger partial charge in [0.05, 0.1) is 6.10 Å². The zero-order valence-electron chi connectivity index (χ0n) is 13.5. The molecule has 2 nitrogen and oxygen atoms in total. The average molecular weight is 285 g/mol. The summed E-state index contributed by atoms with van der Waals surface area (Å²) in [5.41, 5.74) is 0. The molecule has 0 aromatic rings. The lowest BCUT2D eigenvalue weighted by Gasteiger charge is -2.35. The Morgan fingerprint density at radius 3 is 2.11 bits per heavy atom. The van der Waals surface area contributed by atoms with Crippen LogP contribution in [-0.4, -0.2) is 20.2 Å². The molecule has 0 heterocycles. The van der Waals surface area contributed by atoms with E-state index in [1.165, 1.54) is 6.08 Å². The second kappa shape index (κ2) is 9.48. The van der Waals surface area contributed by atoms with Crippen molar-refractivity contribution in [3.8, 4) is 0 Å². The minimum absolute atomic E-state index is 0.0805. The summed E-state index contributed by atoms with van der Waals surface area (Å²) < 4.78 is 6.54. The molecule has 0 rings (SSSR count). The molecular weight excluding hydrogens is 252 g/mol. The third-order valence-electron chi connectivity index (χ3n) is 4.34. The van der Waals surface area contributed by atoms with Gasteiger partial charge in [0, 0.05) is 6.42 Å². The summed E-state index contributed by atoms with van der Waals surface area (Å²) in [5.74, 6) is 0.560. The maximum absolute atomic E-state index is 11.7. The third kappa shape index (κ3) is 6.04. The minimum atomic E-state index is -1.64. The zero-order valence-corrected chi connectivity index (χ0v) is 14.5. The van der Waals surface area contributed by atoms with Gasteiger partial charge in [0.25, 0.3) is 0 Å². The standard InChI is InChI=1S/C16H32O2Si/c1-7-12-14(6)16(13-15(17)8-2)18-19(9-3,10-4)11-5/h8,14,16H,2,7,9-13H2,1,3-6H3/t14-,16-/m0/s1. The quantitative estimate of drug-likeness (QED) is 0.396. The Morgan fingerprint density at radius 1 is 1.21 bits per heavy atom. The van der Waals surface area contributed by atoms with Crippen molar-refractivity contribution in [1.82, 2.24) is 0 Å². The molecule has 112 valence electrons. The van der Waals surface area contributed by atoms with Crippen LogP contribution in [0, 0.1) is 5.92 Å². The number of ketones is 1. The van der Waals surface area contributed by atoms with Crippen molar-refractivity contribution in [3.05, 3.63) is 12.7 Å². The molecule has 0 bridgehead atoms. The fourth-order valence-corrected chi connectivity index (χ4v) is 5.56. The summed E-state index contributed by atoms with van der Waals surface area (Å²) in [5, 5.41) is 0. The van der Waals surface area contributed by atoms with Crippen molar-refractivity contribution >= 4 is 14.1 Å². The highest BCUT2D eigenvalue weighted by Crippen LogP contribution is 2.28. The van der Waals surface area contributed by atoms with E-state index in [9.17, 15) is 4.79 Å². The molecule has 0 saturated heterocycles. The number of hydrogen-bond donors (Lipinski definition) is 0. The highest BCUT2D eigenvalue weighted by molar-refractivity contribution is 6.73. The van der Waals surface area contributed by atoms with Crippen molar-refractivity contribution in [2.24, 2.45) is 5.92 Å². The molecule has 0 radical (unpaired) electrons. The van der Waals surface area contributed by atoms with E-state index in [1.807, 2.05) is 0 Å². The lowest BCUT2D eigenvalue weighted by Crippen LogP contribution is -2.42. The van der Waals surface area contributed by atoms with Gasteiger partial charge in [-0.25, -0.2) is 0 Å². The lowest BCUT2D eigenvalue weighted by molar-refractivity contribution is -0.116. The fraction of sp³-hybridized carbons (Fsp3) is 0.812. The van der Waals surface area contributed by atoms with E-state index in [4.69, 9.17) is 4.43 Å². The summed E-state index contributed by atoms with van der Waals surface area (Å²) in [6.45, 7) is 14.7. The predicted octanol–water partition coefficient (Wildman–Crippen LogP) is 4.96. The Balaban J connectivity index is 4.90. The van der Waals surface area contributed by atoms with Gasteiger partial charge >= 0.3 is 0 Å². The van der Waals surface area contributed by atoms with Crippen molar-refractivity contribution in [2.45, 2.75) is 78.1 Å². The number of carbonyl (C=O) groups excluding carboxylic acids is 1. The highest BCUT2D eigenvalue weighted by atomic mass is 28.4. The molecular formula is C16H32O2Si. The lowest BCUT2D eigenvalue weighted by atomic mass is 9.95. The van der Waals surface area contributed by atoms with Crippen LogP contribution in [0.2, 0.25) is 18.1 Å². The smallest absolute Gasteiger partial charge is 0.192 e. The van der Waals surface area contributed by atoms with Gasteiger partial charge in [-0.2, -0.15) is 0 Å². The molecule has 0 aromatic carbocycles. The van der Waals surface area contributed by atoms with E-state index >= 15 is 0 Å². The second-order valence-electron chi connectivity index (χ2n) is 5.54. The zero-order chi connectivity index (χ0) is 14.9. The molecule has 0 amide bonds. The Hall–Kier alpha value is -0.413. The molecule has 0 spiro atoms. The van der Waals surface area contributed by atoms with E-state index in [0.717, 1.165) is 31.0 Å². The molecule has 0 unspecified atom stereocenters. The molecule has 19 heavy (non-hydrogen) atoms. The molecule has 0 saturated carbocycles. The molecule has 2 atom stereocenters. The van der Waals surface area contributed by atoms with Crippen LogP contribution in [0.5, 0.6) is 0 Å². The Morgan fingerprint density at radius 2 is 1.74 bits per heavy atom. The normalized spacial score (nSPS) is 15.0. The first kappa shape index (κ1) is 18.6.